The van der Waals surface area contributed by atoms with E-state index in [2.05, 4.69) is 10.3 Å². The molecule has 0 aliphatic heterocycles. The zero-order valence-corrected chi connectivity index (χ0v) is 19.1. The van der Waals surface area contributed by atoms with E-state index in [1.807, 2.05) is 13.8 Å². The van der Waals surface area contributed by atoms with Gasteiger partial charge in [-0.25, -0.2) is 8.78 Å². The highest BCUT2D eigenvalue weighted by Crippen LogP contribution is 2.37. The summed E-state index contributed by atoms with van der Waals surface area (Å²) in [5.41, 5.74) is -1.87. The quantitative estimate of drug-likeness (QED) is 0.310. The minimum atomic E-state index is -4.86. The van der Waals surface area contributed by atoms with Crippen LogP contribution in [0.15, 0.2) is 65.5 Å². The standard InChI is InChI=1S/C23H16F5N3O2.C2H6/c1-2-33-20-11-17(23(26,27)28)21-18(32)12-19(29-15-7-3-13(24)4-8-15)31(22(21)30-20)16-9-5-14(25)6-10-16;1-2/h3-12,29H,2H2,1H3;1-2H3. The van der Waals surface area contributed by atoms with Gasteiger partial charge in [0.25, 0.3) is 0 Å². The van der Waals surface area contributed by atoms with Crippen molar-refractivity contribution in [1.29, 1.82) is 0 Å². The highest BCUT2D eigenvalue weighted by Gasteiger charge is 2.36. The van der Waals surface area contributed by atoms with Gasteiger partial charge in [0.1, 0.15) is 17.5 Å². The smallest absolute Gasteiger partial charge is 0.417 e. The van der Waals surface area contributed by atoms with Crippen molar-refractivity contribution in [1.82, 2.24) is 9.55 Å². The van der Waals surface area contributed by atoms with Crippen LogP contribution < -0.4 is 15.5 Å². The van der Waals surface area contributed by atoms with Crippen LogP contribution >= 0.6 is 0 Å². The van der Waals surface area contributed by atoms with E-state index in [-0.39, 0.29) is 29.6 Å². The van der Waals surface area contributed by atoms with E-state index in [0.717, 1.165) is 18.2 Å². The SMILES string of the molecule is CC.CCOc1cc(C(F)(F)F)c2c(=O)cc(Nc3ccc(F)cc3)n(-c3ccc(F)cc3)c2n1. The molecule has 0 radical (unpaired) electrons. The number of aromatic nitrogens is 2. The summed E-state index contributed by atoms with van der Waals surface area (Å²) in [7, 11) is 0. The molecule has 0 aliphatic carbocycles. The molecule has 4 aromatic rings. The Balaban J connectivity index is 0.00000167. The van der Waals surface area contributed by atoms with E-state index in [1.165, 1.54) is 41.0 Å². The monoisotopic (exact) mass is 491 g/mol. The van der Waals surface area contributed by atoms with Crippen molar-refractivity contribution < 1.29 is 26.7 Å². The molecule has 0 saturated heterocycles. The zero-order chi connectivity index (χ0) is 25.8. The number of alkyl halides is 3. The number of benzene rings is 2. The van der Waals surface area contributed by atoms with Crippen molar-refractivity contribution in [3.8, 4) is 11.6 Å². The minimum Gasteiger partial charge on any atom is -0.478 e. The number of rotatable bonds is 5. The second kappa shape index (κ2) is 10.5. The number of halogens is 5. The third-order valence-electron chi connectivity index (χ3n) is 4.74. The lowest BCUT2D eigenvalue weighted by Crippen LogP contribution is -2.19. The Bertz CT molecular complexity index is 1370. The van der Waals surface area contributed by atoms with E-state index in [0.29, 0.717) is 11.8 Å². The van der Waals surface area contributed by atoms with Crippen LogP contribution in [0.25, 0.3) is 16.7 Å². The van der Waals surface area contributed by atoms with Gasteiger partial charge in [0.2, 0.25) is 5.88 Å². The maximum absolute atomic E-state index is 13.9. The van der Waals surface area contributed by atoms with Crippen LogP contribution in [-0.2, 0) is 6.18 Å². The van der Waals surface area contributed by atoms with Crippen molar-refractivity contribution in [3.05, 3.63) is 88.1 Å². The van der Waals surface area contributed by atoms with Gasteiger partial charge in [0, 0.05) is 23.5 Å². The average Bonchev–Trinajstić information content (AvgIpc) is 2.82. The number of anilines is 2. The third-order valence-corrected chi connectivity index (χ3v) is 4.74. The average molecular weight is 491 g/mol. The van der Waals surface area contributed by atoms with E-state index in [4.69, 9.17) is 4.74 Å². The summed E-state index contributed by atoms with van der Waals surface area (Å²) in [5, 5.41) is 2.23. The molecule has 4 rings (SSSR count). The lowest BCUT2D eigenvalue weighted by atomic mass is 10.1. The number of nitrogens with zero attached hydrogens (tertiary/aromatic N) is 2. The molecule has 0 amide bonds. The summed E-state index contributed by atoms with van der Waals surface area (Å²) in [6, 6.07) is 11.7. The lowest BCUT2D eigenvalue weighted by Gasteiger charge is -2.20. The molecule has 0 aliphatic rings. The molecule has 1 N–H and O–H groups in total. The summed E-state index contributed by atoms with van der Waals surface area (Å²) in [6.07, 6.45) is -4.86. The maximum atomic E-state index is 13.9. The molecule has 0 atom stereocenters. The van der Waals surface area contributed by atoms with Crippen LogP contribution in [0.3, 0.4) is 0 Å². The molecule has 184 valence electrons. The van der Waals surface area contributed by atoms with Gasteiger partial charge in [0.05, 0.1) is 17.6 Å². The molecule has 10 heteroatoms. The van der Waals surface area contributed by atoms with Crippen molar-refractivity contribution in [2.24, 2.45) is 0 Å². The van der Waals surface area contributed by atoms with Crippen LogP contribution in [-0.4, -0.2) is 16.2 Å². The molecular weight excluding hydrogens is 469 g/mol. The van der Waals surface area contributed by atoms with Gasteiger partial charge < -0.3 is 10.1 Å². The van der Waals surface area contributed by atoms with Gasteiger partial charge in [-0.2, -0.15) is 18.2 Å². The van der Waals surface area contributed by atoms with Gasteiger partial charge in [0.15, 0.2) is 11.1 Å². The maximum Gasteiger partial charge on any atom is 0.417 e. The summed E-state index contributed by atoms with van der Waals surface area (Å²) in [6.45, 7) is 5.63. The van der Waals surface area contributed by atoms with E-state index in [9.17, 15) is 26.7 Å². The molecule has 0 saturated carbocycles. The van der Waals surface area contributed by atoms with E-state index in [1.54, 1.807) is 6.92 Å². The van der Waals surface area contributed by atoms with Crippen LogP contribution in [0.5, 0.6) is 5.88 Å². The summed E-state index contributed by atoms with van der Waals surface area (Å²) in [4.78, 5) is 17.0. The van der Waals surface area contributed by atoms with Crippen LogP contribution in [0.2, 0.25) is 0 Å². The summed E-state index contributed by atoms with van der Waals surface area (Å²) in [5.74, 6) is -1.34. The topological polar surface area (TPSA) is 56.1 Å². The van der Waals surface area contributed by atoms with Crippen molar-refractivity contribution >= 4 is 22.5 Å². The fourth-order valence-electron chi connectivity index (χ4n) is 3.36. The van der Waals surface area contributed by atoms with E-state index < -0.39 is 34.2 Å². The summed E-state index contributed by atoms with van der Waals surface area (Å²) < 4.78 is 74.9. The molecule has 0 unspecified atom stereocenters. The Morgan fingerprint density at radius 3 is 2.06 bits per heavy atom. The molecule has 0 fully saturated rings. The first-order chi connectivity index (χ1) is 16.7. The minimum absolute atomic E-state index is 0.0417. The first-order valence-corrected chi connectivity index (χ1v) is 10.8. The van der Waals surface area contributed by atoms with Gasteiger partial charge >= 0.3 is 6.18 Å². The lowest BCUT2D eigenvalue weighted by molar-refractivity contribution is -0.136. The predicted octanol–water partition coefficient (Wildman–Crippen LogP) is 6.85. The second-order valence-electron chi connectivity index (χ2n) is 6.97. The molecule has 0 spiro atoms. The number of hydrogen-bond donors (Lipinski definition) is 1. The molecular formula is C25H22F5N3O2. The van der Waals surface area contributed by atoms with Gasteiger partial charge in [-0.05, 0) is 55.5 Å². The fraction of sp³-hybridized carbons (Fsp3) is 0.200. The number of nitrogens with one attached hydrogen (secondary N) is 1. The largest absolute Gasteiger partial charge is 0.478 e. The van der Waals surface area contributed by atoms with Crippen LogP contribution in [0.1, 0.15) is 26.3 Å². The van der Waals surface area contributed by atoms with E-state index >= 15 is 0 Å². The number of fused-ring (bicyclic) bond motifs is 1. The first-order valence-electron chi connectivity index (χ1n) is 10.8. The van der Waals surface area contributed by atoms with Crippen LogP contribution in [0.4, 0.5) is 33.5 Å². The predicted molar refractivity (Wildman–Crippen MR) is 124 cm³/mol. The number of ether oxygens (including phenoxy) is 1. The molecule has 2 aromatic carbocycles. The second-order valence-corrected chi connectivity index (χ2v) is 6.97. The number of hydrogen-bond acceptors (Lipinski definition) is 4. The van der Waals surface area contributed by atoms with Crippen molar-refractivity contribution in [3.63, 3.8) is 0 Å². The molecule has 2 aromatic heterocycles. The molecule has 5 nitrogen and oxygen atoms in total. The highest BCUT2D eigenvalue weighted by atomic mass is 19.4. The molecule has 2 heterocycles. The van der Waals surface area contributed by atoms with Gasteiger partial charge in [-0.1, -0.05) is 13.8 Å². The summed E-state index contributed by atoms with van der Waals surface area (Å²) >= 11 is 0. The number of pyridine rings is 2. The molecule has 35 heavy (non-hydrogen) atoms. The zero-order valence-electron chi connectivity index (χ0n) is 19.1. The Kier molecular flexibility index (Phi) is 7.73. The Labute approximate surface area is 197 Å². The fourth-order valence-corrected chi connectivity index (χ4v) is 3.36. The Morgan fingerprint density at radius 2 is 1.51 bits per heavy atom. The van der Waals surface area contributed by atoms with Crippen LogP contribution in [0, 0.1) is 11.6 Å². The normalized spacial score (nSPS) is 11.1. The van der Waals surface area contributed by atoms with Gasteiger partial charge in [-0.15, -0.1) is 0 Å². The van der Waals surface area contributed by atoms with Crippen molar-refractivity contribution in [2.75, 3.05) is 11.9 Å². The Morgan fingerprint density at radius 1 is 0.943 bits per heavy atom. The third kappa shape index (κ3) is 5.59. The van der Waals surface area contributed by atoms with Gasteiger partial charge in [-0.3, -0.25) is 9.36 Å². The molecule has 0 bridgehead atoms. The van der Waals surface area contributed by atoms with Crippen molar-refractivity contribution in [2.45, 2.75) is 26.9 Å². The first kappa shape index (κ1) is 25.7. The highest BCUT2D eigenvalue weighted by molar-refractivity contribution is 5.85. The Hall–Kier alpha value is -3.95.